The molecule has 0 bridgehead atoms. The van der Waals surface area contributed by atoms with Gasteiger partial charge in [-0.15, -0.1) is 0 Å². The van der Waals surface area contributed by atoms with E-state index in [2.05, 4.69) is 36.4 Å². The number of hydrogen-bond donors (Lipinski definition) is 1. The second-order valence-electron chi connectivity index (χ2n) is 5.88. The van der Waals surface area contributed by atoms with Gasteiger partial charge in [-0.2, -0.15) is 0 Å². The van der Waals surface area contributed by atoms with Gasteiger partial charge in [0, 0.05) is 5.92 Å². The van der Waals surface area contributed by atoms with Crippen LogP contribution in [-0.2, 0) is 0 Å². The first-order valence-electron chi connectivity index (χ1n) is 7.68. The lowest BCUT2D eigenvalue weighted by Crippen LogP contribution is -2.17. The largest absolute Gasteiger partial charge is 0.508 e. The second-order valence-corrected chi connectivity index (χ2v) is 5.88. The van der Waals surface area contributed by atoms with Gasteiger partial charge < -0.3 is 5.11 Å². The van der Waals surface area contributed by atoms with Crippen molar-refractivity contribution in [3.63, 3.8) is 0 Å². The summed E-state index contributed by atoms with van der Waals surface area (Å²) in [6.07, 6.45) is 6.65. The molecule has 20 heavy (non-hydrogen) atoms. The van der Waals surface area contributed by atoms with Crippen LogP contribution < -0.4 is 0 Å². The smallest absolute Gasteiger partial charge is 0.115 e. The van der Waals surface area contributed by atoms with Gasteiger partial charge in [-0.05, 0) is 42.0 Å². The molecule has 1 heteroatoms. The molecule has 0 aliphatic heterocycles. The summed E-state index contributed by atoms with van der Waals surface area (Å²) in [4.78, 5) is 0. The fraction of sp³-hybridized carbons (Fsp3) is 0.368. The van der Waals surface area contributed by atoms with E-state index < -0.39 is 0 Å². The van der Waals surface area contributed by atoms with Crippen molar-refractivity contribution in [2.75, 3.05) is 0 Å². The van der Waals surface area contributed by atoms with E-state index >= 15 is 0 Å². The van der Waals surface area contributed by atoms with E-state index in [0.29, 0.717) is 17.6 Å². The van der Waals surface area contributed by atoms with Gasteiger partial charge in [0.25, 0.3) is 0 Å². The topological polar surface area (TPSA) is 20.2 Å². The zero-order valence-electron chi connectivity index (χ0n) is 11.8. The molecule has 1 saturated carbocycles. The van der Waals surface area contributed by atoms with Crippen LogP contribution in [0, 0.1) is 5.92 Å². The standard InChI is InChI=1S/C19H22O/c20-18-13-7-12-17(14-18)19(15-8-3-1-4-9-15)16-10-5-2-6-11-16/h1,3-4,7-9,12-14,16,19-20H,2,5-6,10-11H2. The van der Waals surface area contributed by atoms with Crippen molar-refractivity contribution in [2.24, 2.45) is 5.92 Å². The highest BCUT2D eigenvalue weighted by Gasteiger charge is 2.26. The van der Waals surface area contributed by atoms with E-state index in [1.165, 1.54) is 43.2 Å². The molecule has 104 valence electrons. The van der Waals surface area contributed by atoms with E-state index in [4.69, 9.17) is 0 Å². The molecular weight excluding hydrogens is 244 g/mol. The molecule has 0 saturated heterocycles. The van der Waals surface area contributed by atoms with Crippen molar-refractivity contribution < 1.29 is 5.11 Å². The third-order valence-corrected chi connectivity index (χ3v) is 4.51. The number of rotatable bonds is 3. The molecule has 2 aromatic rings. The minimum Gasteiger partial charge on any atom is -0.508 e. The first kappa shape index (κ1) is 13.2. The zero-order valence-corrected chi connectivity index (χ0v) is 11.8. The van der Waals surface area contributed by atoms with Crippen LogP contribution in [0.2, 0.25) is 0 Å². The predicted octanol–water partition coefficient (Wildman–Crippen LogP) is 5.10. The summed E-state index contributed by atoms with van der Waals surface area (Å²) in [6.45, 7) is 0. The number of hydrogen-bond acceptors (Lipinski definition) is 1. The maximum Gasteiger partial charge on any atom is 0.115 e. The average Bonchev–Trinajstić information content (AvgIpc) is 2.50. The van der Waals surface area contributed by atoms with Gasteiger partial charge in [0.1, 0.15) is 5.75 Å². The maximum absolute atomic E-state index is 9.81. The van der Waals surface area contributed by atoms with Gasteiger partial charge in [-0.25, -0.2) is 0 Å². The molecule has 0 radical (unpaired) electrons. The van der Waals surface area contributed by atoms with E-state index in [-0.39, 0.29) is 0 Å². The van der Waals surface area contributed by atoms with Crippen LogP contribution in [0.5, 0.6) is 5.75 Å². The van der Waals surface area contributed by atoms with Crippen molar-refractivity contribution in [2.45, 2.75) is 38.0 Å². The summed E-state index contributed by atoms with van der Waals surface area (Å²) in [5.74, 6) is 1.50. The molecule has 0 aromatic heterocycles. The van der Waals surface area contributed by atoms with E-state index in [9.17, 15) is 5.11 Å². The minimum atomic E-state index is 0.374. The highest BCUT2D eigenvalue weighted by molar-refractivity contribution is 5.37. The van der Waals surface area contributed by atoms with Crippen molar-refractivity contribution >= 4 is 0 Å². The second kappa shape index (κ2) is 6.13. The van der Waals surface area contributed by atoms with Gasteiger partial charge in [0.05, 0.1) is 0 Å². The van der Waals surface area contributed by atoms with Gasteiger partial charge in [-0.3, -0.25) is 0 Å². The summed E-state index contributed by atoms with van der Waals surface area (Å²) in [6, 6.07) is 18.6. The highest BCUT2D eigenvalue weighted by Crippen LogP contribution is 2.40. The molecular formula is C19H22O. The Balaban J connectivity index is 1.98. The molecule has 1 N–H and O–H groups in total. The Morgan fingerprint density at radius 2 is 1.50 bits per heavy atom. The van der Waals surface area contributed by atoms with Crippen LogP contribution in [0.4, 0.5) is 0 Å². The van der Waals surface area contributed by atoms with Gasteiger partial charge >= 0.3 is 0 Å². The lowest BCUT2D eigenvalue weighted by atomic mass is 9.73. The summed E-state index contributed by atoms with van der Waals surface area (Å²) >= 11 is 0. The Kier molecular flexibility index (Phi) is 4.05. The highest BCUT2D eigenvalue weighted by atomic mass is 16.3. The summed E-state index contributed by atoms with van der Waals surface area (Å²) in [5.41, 5.74) is 2.63. The lowest BCUT2D eigenvalue weighted by Gasteiger charge is -2.31. The molecule has 0 spiro atoms. The zero-order chi connectivity index (χ0) is 13.8. The van der Waals surface area contributed by atoms with Crippen LogP contribution >= 0.6 is 0 Å². The van der Waals surface area contributed by atoms with E-state index in [1.54, 1.807) is 6.07 Å². The fourth-order valence-electron chi connectivity index (χ4n) is 3.58. The first-order valence-corrected chi connectivity index (χ1v) is 7.68. The number of aromatic hydroxyl groups is 1. The molecule has 3 rings (SSSR count). The van der Waals surface area contributed by atoms with E-state index in [1.807, 2.05) is 12.1 Å². The normalized spacial score (nSPS) is 17.8. The number of phenolic OH excluding ortho intramolecular Hbond substituents is 1. The van der Waals surface area contributed by atoms with Crippen LogP contribution in [0.3, 0.4) is 0 Å². The van der Waals surface area contributed by atoms with Gasteiger partial charge in [0.2, 0.25) is 0 Å². The summed E-state index contributed by atoms with van der Waals surface area (Å²) < 4.78 is 0. The minimum absolute atomic E-state index is 0.374. The number of phenols is 1. The number of benzene rings is 2. The molecule has 1 atom stereocenters. The van der Waals surface area contributed by atoms with E-state index in [0.717, 1.165) is 0 Å². The molecule has 1 aliphatic rings. The van der Waals surface area contributed by atoms with Crippen molar-refractivity contribution in [1.82, 2.24) is 0 Å². The van der Waals surface area contributed by atoms with Crippen molar-refractivity contribution in [3.05, 3.63) is 65.7 Å². The molecule has 1 unspecified atom stereocenters. The third kappa shape index (κ3) is 2.87. The Hall–Kier alpha value is -1.76. The molecule has 2 aromatic carbocycles. The molecule has 1 nitrogen and oxygen atoms in total. The Bertz CT molecular complexity index is 541. The van der Waals surface area contributed by atoms with Crippen LogP contribution in [0.15, 0.2) is 54.6 Å². The first-order chi connectivity index (χ1) is 9.84. The quantitative estimate of drug-likeness (QED) is 0.819. The summed E-state index contributed by atoms with van der Waals surface area (Å²) in [5, 5.41) is 9.81. The molecule has 0 heterocycles. The lowest BCUT2D eigenvalue weighted by molar-refractivity contribution is 0.327. The van der Waals surface area contributed by atoms with Gasteiger partial charge in [0.15, 0.2) is 0 Å². The Labute approximate surface area is 121 Å². The third-order valence-electron chi connectivity index (χ3n) is 4.51. The van der Waals surface area contributed by atoms with Crippen LogP contribution in [-0.4, -0.2) is 5.11 Å². The van der Waals surface area contributed by atoms with Crippen LogP contribution in [0.1, 0.15) is 49.1 Å². The molecule has 1 aliphatic carbocycles. The summed E-state index contributed by atoms with van der Waals surface area (Å²) in [7, 11) is 0. The Morgan fingerprint density at radius 1 is 0.800 bits per heavy atom. The van der Waals surface area contributed by atoms with Crippen molar-refractivity contribution in [3.8, 4) is 5.75 Å². The average molecular weight is 266 g/mol. The molecule has 1 fully saturated rings. The fourth-order valence-corrected chi connectivity index (χ4v) is 3.58. The Morgan fingerprint density at radius 3 is 2.20 bits per heavy atom. The van der Waals surface area contributed by atoms with Crippen molar-refractivity contribution in [1.29, 1.82) is 0 Å². The van der Waals surface area contributed by atoms with Crippen LogP contribution in [0.25, 0.3) is 0 Å². The molecule has 0 amide bonds. The predicted molar refractivity (Wildman–Crippen MR) is 83.0 cm³/mol. The SMILES string of the molecule is Oc1cccc(C(c2ccccc2)C2CCCCC2)c1. The maximum atomic E-state index is 9.81. The monoisotopic (exact) mass is 266 g/mol. The van der Waals surface area contributed by atoms with Gasteiger partial charge in [-0.1, -0.05) is 61.7 Å².